The normalized spacial score (nSPS) is 16.4. The van der Waals surface area contributed by atoms with Crippen molar-refractivity contribution in [2.75, 3.05) is 5.73 Å². The molecule has 1 aromatic heterocycles. The summed E-state index contributed by atoms with van der Waals surface area (Å²) in [6.07, 6.45) is 3.61. The third-order valence-electron chi connectivity index (χ3n) is 3.66. The summed E-state index contributed by atoms with van der Waals surface area (Å²) in [5.74, 6) is 0.784. The molecule has 3 N–H and O–H groups in total. The van der Waals surface area contributed by atoms with Crippen LogP contribution in [0, 0.1) is 12.8 Å². The van der Waals surface area contributed by atoms with Crippen molar-refractivity contribution >= 4 is 15.7 Å². The molecule has 3 rings (SSSR count). The SMILES string of the molecule is Cc1ccnc([C@@H](NS(=O)(=O)c2ccc(N)cc2)C2CC2)n1. The van der Waals surface area contributed by atoms with Gasteiger partial charge in [0, 0.05) is 17.6 Å². The highest BCUT2D eigenvalue weighted by atomic mass is 32.2. The summed E-state index contributed by atoms with van der Waals surface area (Å²) >= 11 is 0. The number of benzene rings is 1. The number of hydrogen-bond donors (Lipinski definition) is 2. The molecule has 0 radical (unpaired) electrons. The molecular weight excluding hydrogens is 300 g/mol. The van der Waals surface area contributed by atoms with E-state index in [4.69, 9.17) is 5.73 Å². The van der Waals surface area contributed by atoms with E-state index in [2.05, 4.69) is 14.7 Å². The minimum absolute atomic E-state index is 0.194. The average molecular weight is 318 g/mol. The van der Waals surface area contributed by atoms with Gasteiger partial charge in [0.1, 0.15) is 5.82 Å². The summed E-state index contributed by atoms with van der Waals surface area (Å²) in [6.45, 7) is 1.86. The van der Waals surface area contributed by atoms with Gasteiger partial charge in [0.05, 0.1) is 10.9 Å². The Labute approximate surface area is 129 Å². The number of rotatable bonds is 5. The van der Waals surface area contributed by atoms with Gasteiger partial charge in [-0.05, 0) is 56.0 Å². The van der Waals surface area contributed by atoms with Gasteiger partial charge in [0.15, 0.2) is 0 Å². The number of sulfonamides is 1. The van der Waals surface area contributed by atoms with E-state index in [0.717, 1.165) is 18.5 Å². The van der Waals surface area contributed by atoms with Crippen LogP contribution in [0.3, 0.4) is 0 Å². The lowest BCUT2D eigenvalue weighted by atomic mass is 10.2. The minimum Gasteiger partial charge on any atom is -0.399 e. The maximum Gasteiger partial charge on any atom is 0.241 e. The Morgan fingerprint density at radius 3 is 2.50 bits per heavy atom. The Hall–Kier alpha value is -1.99. The second kappa shape index (κ2) is 5.66. The van der Waals surface area contributed by atoms with Crippen LogP contribution in [-0.2, 0) is 10.0 Å². The maximum atomic E-state index is 12.5. The highest BCUT2D eigenvalue weighted by Gasteiger charge is 2.37. The number of nitrogen functional groups attached to an aromatic ring is 1. The molecule has 1 saturated carbocycles. The number of nitrogens with one attached hydrogen (secondary N) is 1. The van der Waals surface area contributed by atoms with Gasteiger partial charge in [0.25, 0.3) is 0 Å². The van der Waals surface area contributed by atoms with Gasteiger partial charge in [-0.2, -0.15) is 0 Å². The molecule has 7 heteroatoms. The van der Waals surface area contributed by atoms with Crippen LogP contribution >= 0.6 is 0 Å². The third-order valence-corrected chi connectivity index (χ3v) is 5.11. The van der Waals surface area contributed by atoms with Gasteiger partial charge >= 0.3 is 0 Å². The van der Waals surface area contributed by atoms with E-state index in [0.29, 0.717) is 11.5 Å². The highest BCUT2D eigenvalue weighted by molar-refractivity contribution is 7.89. The molecule has 0 saturated heterocycles. The van der Waals surface area contributed by atoms with Crippen molar-refractivity contribution in [2.24, 2.45) is 5.92 Å². The molecule has 0 bridgehead atoms. The molecule has 1 atom stereocenters. The van der Waals surface area contributed by atoms with Crippen LogP contribution in [0.15, 0.2) is 41.4 Å². The Bertz CT molecular complexity index is 770. The van der Waals surface area contributed by atoms with E-state index in [1.807, 2.05) is 6.92 Å². The smallest absolute Gasteiger partial charge is 0.241 e. The zero-order valence-electron chi connectivity index (χ0n) is 12.2. The zero-order valence-corrected chi connectivity index (χ0v) is 13.0. The van der Waals surface area contributed by atoms with Gasteiger partial charge in [-0.15, -0.1) is 0 Å². The monoisotopic (exact) mass is 318 g/mol. The first-order valence-corrected chi connectivity index (χ1v) is 8.61. The molecule has 1 aliphatic rings. The molecule has 2 aromatic rings. The van der Waals surface area contributed by atoms with Crippen LogP contribution < -0.4 is 10.5 Å². The van der Waals surface area contributed by atoms with Crippen molar-refractivity contribution in [3.8, 4) is 0 Å². The van der Waals surface area contributed by atoms with E-state index in [9.17, 15) is 8.42 Å². The zero-order chi connectivity index (χ0) is 15.7. The van der Waals surface area contributed by atoms with E-state index >= 15 is 0 Å². The fourth-order valence-electron chi connectivity index (χ4n) is 2.29. The van der Waals surface area contributed by atoms with Gasteiger partial charge in [0.2, 0.25) is 10.0 Å². The summed E-state index contributed by atoms with van der Waals surface area (Å²) in [5.41, 5.74) is 6.95. The third kappa shape index (κ3) is 3.26. The lowest BCUT2D eigenvalue weighted by Gasteiger charge is -2.17. The number of nitrogens with two attached hydrogens (primary N) is 1. The maximum absolute atomic E-state index is 12.5. The standard InChI is InChI=1S/C15H18N4O2S/c1-10-8-9-17-15(18-10)14(11-2-3-11)19-22(20,21)13-6-4-12(16)5-7-13/h4-9,11,14,19H,2-3,16H2,1H3/t14-/m0/s1. The Balaban J connectivity index is 1.89. The topological polar surface area (TPSA) is 98.0 Å². The summed E-state index contributed by atoms with van der Waals surface area (Å²) < 4.78 is 27.8. The largest absolute Gasteiger partial charge is 0.399 e. The van der Waals surface area contributed by atoms with Crippen molar-refractivity contribution in [3.05, 3.63) is 48.0 Å². The van der Waals surface area contributed by atoms with E-state index in [1.165, 1.54) is 12.1 Å². The quantitative estimate of drug-likeness (QED) is 0.819. The lowest BCUT2D eigenvalue weighted by molar-refractivity contribution is 0.510. The fraction of sp³-hybridized carbons (Fsp3) is 0.333. The Kier molecular flexibility index (Phi) is 3.84. The summed E-state index contributed by atoms with van der Waals surface area (Å²) in [7, 11) is -3.63. The van der Waals surface area contributed by atoms with Crippen molar-refractivity contribution in [1.29, 1.82) is 0 Å². The molecule has 0 unspecified atom stereocenters. The molecular formula is C15H18N4O2S. The lowest BCUT2D eigenvalue weighted by Crippen LogP contribution is -2.31. The van der Waals surface area contributed by atoms with Crippen LogP contribution in [0.5, 0.6) is 0 Å². The predicted molar refractivity (Wildman–Crippen MR) is 83.4 cm³/mol. The van der Waals surface area contributed by atoms with Crippen molar-refractivity contribution in [2.45, 2.75) is 30.7 Å². The van der Waals surface area contributed by atoms with Gasteiger partial charge < -0.3 is 5.73 Å². The predicted octanol–water partition coefficient (Wildman–Crippen LogP) is 1.80. The number of aryl methyl sites for hydroxylation is 1. The first kappa shape index (κ1) is 14.9. The summed E-state index contributed by atoms with van der Waals surface area (Å²) in [5, 5.41) is 0. The molecule has 22 heavy (non-hydrogen) atoms. The van der Waals surface area contributed by atoms with Crippen molar-refractivity contribution in [1.82, 2.24) is 14.7 Å². The van der Waals surface area contributed by atoms with Gasteiger partial charge in [-0.1, -0.05) is 0 Å². The number of nitrogens with zero attached hydrogens (tertiary/aromatic N) is 2. The van der Waals surface area contributed by atoms with E-state index in [-0.39, 0.29) is 16.9 Å². The molecule has 116 valence electrons. The van der Waals surface area contributed by atoms with Crippen molar-refractivity contribution < 1.29 is 8.42 Å². The molecule has 0 amide bonds. The second-order valence-corrected chi connectivity index (χ2v) is 7.28. The molecule has 6 nitrogen and oxygen atoms in total. The average Bonchev–Trinajstić information content (AvgIpc) is 3.30. The van der Waals surface area contributed by atoms with Crippen LogP contribution in [0.1, 0.15) is 30.4 Å². The highest BCUT2D eigenvalue weighted by Crippen LogP contribution is 2.40. The molecule has 0 spiro atoms. The van der Waals surface area contributed by atoms with Crippen LogP contribution in [-0.4, -0.2) is 18.4 Å². The second-order valence-electron chi connectivity index (χ2n) is 5.56. The van der Waals surface area contributed by atoms with E-state index in [1.54, 1.807) is 24.4 Å². The van der Waals surface area contributed by atoms with Crippen molar-refractivity contribution in [3.63, 3.8) is 0 Å². The molecule has 1 fully saturated rings. The summed E-state index contributed by atoms with van der Waals surface area (Å²) in [6, 6.07) is 7.55. The molecule has 1 aromatic carbocycles. The summed E-state index contributed by atoms with van der Waals surface area (Å²) in [4.78, 5) is 8.80. The van der Waals surface area contributed by atoms with Gasteiger partial charge in [-0.3, -0.25) is 0 Å². The fourth-order valence-corrected chi connectivity index (χ4v) is 3.55. The van der Waals surface area contributed by atoms with Crippen LogP contribution in [0.25, 0.3) is 0 Å². The van der Waals surface area contributed by atoms with Crippen LogP contribution in [0.2, 0.25) is 0 Å². The molecule has 1 aliphatic carbocycles. The number of hydrogen-bond acceptors (Lipinski definition) is 5. The Morgan fingerprint density at radius 2 is 1.91 bits per heavy atom. The number of anilines is 1. The van der Waals surface area contributed by atoms with Crippen LogP contribution in [0.4, 0.5) is 5.69 Å². The molecule has 0 aliphatic heterocycles. The first-order valence-electron chi connectivity index (χ1n) is 7.13. The van der Waals surface area contributed by atoms with Gasteiger partial charge in [-0.25, -0.2) is 23.1 Å². The molecule has 1 heterocycles. The number of aromatic nitrogens is 2. The minimum atomic E-state index is -3.63. The Morgan fingerprint density at radius 1 is 1.23 bits per heavy atom. The van der Waals surface area contributed by atoms with E-state index < -0.39 is 10.0 Å². The first-order chi connectivity index (χ1) is 10.5.